The molecule has 3 aromatic heterocycles. The van der Waals surface area contributed by atoms with E-state index in [0.29, 0.717) is 24.2 Å². The largest absolute Gasteiger partial charge is 0.342 e. The number of aromatic nitrogens is 3. The van der Waals surface area contributed by atoms with Crippen LogP contribution in [0.2, 0.25) is 0 Å². The lowest BCUT2D eigenvalue weighted by Gasteiger charge is -2.12. The number of nitrogens with zero attached hydrogens (tertiary/aromatic N) is 3. The van der Waals surface area contributed by atoms with Gasteiger partial charge in [-0.05, 0) is 78.1 Å². The van der Waals surface area contributed by atoms with E-state index >= 15 is 0 Å². The van der Waals surface area contributed by atoms with Crippen LogP contribution in [0.3, 0.4) is 0 Å². The third-order valence-corrected chi connectivity index (χ3v) is 6.04. The van der Waals surface area contributed by atoms with E-state index in [1.54, 1.807) is 18.5 Å². The van der Waals surface area contributed by atoms with Crippen LogP contribution in [0, 0.1) is 6.92 Å². The highest BCUT2D eigenvalue weighted by Crippen LogP contribution is 2.20. The molecule has 0 saturated carbocycles. The number of pyridine rings is 2. The summed E-state index contributed by atoms with van der Waals surface area (Å²) >= 11 is 0. The smallest absolute Gasteiger partial charge is 0.188 e. The zero-order valence-electron chi connectivity index (χ0n) is 19.5. The van der Waals surface area contributed by atoms with Crippen molar-refractivity contribution >= 4 is 22.6 Å². The van der Waals surface area contributed by atoms with E-state index in [4.69, 9.17) is 0 Å². The maximum Gasteiger partial charge on any atom is 0.188 e. The van der Waals surface area contributed by atoms with Crippen molar-refractivity contribution in [1.82, 2.24) is 14.5 Å². The van der Waals surface area contributed by atoms with Crippen molar-refractivity contribution in [3.05, 3.63) is 131 Å². The number of hydrogen-bond donors (Lipinski definition) is 0. The molecule has 0 aliphatic carbocycles. The number of carbonyl (C=O) groups is 2. The molecule has 5 aromatic rings. The van der Waals surface area contributed by atoms with E-state index < -0.39 is 0 Å². The van der Waals surface area contributed by atoms with Crippen molar-refractivity contribution in [3.8, 4) is 0 Å². The average Bonchev–Trinajstić information content (AvgIpc) is 3.27. The molecule has 5 rings (SSSR count). The molecule has 0 aliphatic heterocycles. The van der Waals surface area contributed by atoms with Gasteiger partial charge in [-0.3, -0.25) is 19.6 Å². The summed E-state index contributed by atoms with van der Waals surface area (Å²) in [5.74, 6) is -0.468. The first-order valence-corrected chi connectivity index (χ1v) is 11.6. The molecule has 5 nitrogen and oxygen atoms in total. The molecular formula is C30H25N3O2. The van der Waals surface area contributed by atoms with Gasteiger partial charge in [-0.2, -0.15) is 0 Å². The molecular weight excluding hydrogens is 434 g/mol. The highest BCUT2D eigenvalue weighted by Gasteiger charge is 2.17. The van der Waals surface area contributed by atoms with Crippen LogP contribution in [0.5, 0.6) is 0 Å². The van der Waals surface area contributed by atoms with E-state index in [2.05, 4.69) is 32.7 Å². The van der Waals surface area contributed by atoms with E-state index in [0.717, 1.165) is 27.7 Å². The number of rotatable bonds is 8. The SMILES string of the molecule is Cc1ccnc(C(=O)CC(=O)c2cc(Cc3ccccc3)cc(Cn3ccc4ncccc43)c2)c1. The first-order valence-electron chi connectivity index (χ1n) is 11.6. The third-order valence-electron chi connectivity index (χ3n) is 6.04. The van der Waals surface area contributed by atoms with Crippen molar-refractivity contribution in [2.45, 2.75) is 26.3 Å². The lowest BCUT2D eigenvalue weighted by Crippen LogP contribution is -2.11. The molecule has 0 aliphatic rings. The number of aryl methyl sites for hydroxylation is 1. The molecule has 3 heterocycles. The Morgan fingerprint density at radius 1 is 0.771 bits per heavy atom. The molecule has 0 unspecified atom stereocenters. The number of ketones is 2. The van der Waals surface area contributed by atoms with Gasteiger partial charge in [-0.25, -0.2) is 0 Å². The molecule has 0 amide bonds. The molecule has 0 N–H and O–H groups in total. The highest BCUT2D eigenvalue weighted by atomic mass is 16.1. The fourth-order valence-electron chi connectivity index (χ4n) is 4.33. The zero-order valence-corrected chi connectivity index (χ0v) is 19.5. The Hall–Kier alpha value is -4.38. The van der Waals surface area contributed by atoms with Gasteiger partial charge in [0.05, 0.1) is 17.5 Å². The quantitative estimate of drug-likeness (QED) is 0.216. The monoisotopic (exact) mass is 459 g/mol. The van der Waals surface area contributed by atoms with Gasteiger partial charge < -0.3 is 4.57 Å². The molecule has 172 valence electrons. The summed E-state index contributed by atoms with van der Waals surface area (Å²) < 4.78 is 2.13. The van der Waals surface area contributed by atoms with Gasteiger partial charge in [-0.15, -0.1) is 0 Å². The molecule has 2 aromatic carbocycles. The summed E-state index contributed by atoms with van der Waals surface area (Å²) in [6.45, 7) is 2.51. The molecule has 0 atom stereocenters. The van der Waals surface area contributed by atoms with Gasteiger partial charge in [0.25, 0.3) is 0 Å². The van der Waals surface area contributed by atoms with Crippen molar-refractivity contribution < 1.29 is 9.59 Å². The van der Waals surface area contributed by atoms with Crippen LogP contribution in [-0.4, -0.2) is 26.1 Å². The van der Waals surface area contributed by atoms with E-state index in [9.17, 15) is 9.59 Å². The minimum atomic E-state index is -0.267. The fraction of sp³-hybridized carbons (Fsp3) is 0.133. The Bertz CT molecular complexity index is 1520. The maximum absolute atomic E-state index is 13.2. The van der Waals surface area contributed by atoms with Crippen LogP contribution < -0.4 is 0 Å². The number of fused-ring (bicyclic) bond motifs is 1. The van der Waals surface area contributed by atoms with Gasteiger partial charge >= 0.3 is 0 Å². The summed E-state index contributed by atoms with van der Waals surface area (Å²) in [6, 6.07) is 25.6. The van der Waals surface area contributed by atoms with Crippen molar-refractivity contribution in [3.63, 3.8) is 0 Å². The summed E-state index contributed by atoms with van der Waals surface area (Å²) in [4.78, 5) is 34.5. The van der Waals surface area contributed by atoms with Crippen LogP contribution in [0.15, 0.2) is 97.5 Å². The lowest BCUT2D eigenvalue weighted by atomic mass is 9.96. The molecule has 0 radical (unpaired) electrons. The second-order valence-electron chi connectivity index (χ2n) is 8.79. The molecule has 0 spiro atoms. The van der Waals surface area contributed by atoms with Crippen LogP contribution >= 0.6 is 0 Å². The van der Waals surface area contributed by atoms with E-state index in [1.165, 1.54) is 5.56 Å². The highest BCUT2D eigenvalue weighted by molar-refractivity contribution is 6.13. The first kappa shape index (κ1) is 22.4. The number of benzene rings is 2. The Balaban J connectivity index is 1.46. The van der Waals surface area contributed by atoms with Gasteiger partial charge in [0.1, 0.15) is 5.69 Å². The van der Waals surface area contributed by atoms with Crippen LogP contribution in [0.4, 0.5) is 0 Å². The molecule has 0 bridgehead atoms. The second-order valence-corrected chi connectivity index (χ2v) is 8.79. The normalized spacial score (nSPS) is 11.0. The number of hydrogen-bond acceptors (Lipinski definition) is 4. The van der Waals surface area contributed by atoms with Gasteiger partial charge in [-0.1, -0.05) is 36.4 Å². The predicted molar refractivity (Wildman–Crippen MR) is 137 cm³/mol. The third kappa shape index (κ3) is 5.25. The van der Waals surface area contributed by atoms with Gasteiger partial charge in [0.15, 0.2) is 11.6 Å². The standard InChI is InChI=1S/C30H25N3O2/c1-21-9-12-32-27(14-21)30(35)19-29(34)25-17-23(15-22-6-3-2-4-7-22)16-24(18-25)20-33-13-10-26-28(33)8-5-11-31-26/h2-14,16-18H,15,19-20H2,1H3. The molecule has 0 fully saturated rings. The minimum Gasteiger partial charge on any atom is -0.342 e. The second kappa shape index (κ2) is 9.85. The topological polar surface area (TPSA) is 64.8 Å². The average molecular weight is 460 g/mol. The Morgan fingerprint density at radius 3 is 2.43 bits per heavy atom. The van der Waals surface area contributed by atoms with E-state index in [-0.39, 0.29) is 18.0 Å². The molecule has 0 saturated heterocycles. The van der Waals surface area contributed by atoms with Crippen LogP contribution in [-0.2, 0) is 13.0 Å². The van der Waals surface area contributed by atoms with Crippen LogP contribution in [0.25, 0.3) is 11.0 Å². The summed E-state index contributed by atoms with van der Waals surface area (Å²) in [5.41, 5.74) is 6.98. The molecule has 35 heavy (non-hydrogen) atoms. The Kier molecular flexibility index (Phi) is 6.31. The molecule has 5 heteroatoms. The van der Waals surface area contributed by atoms with Crippen molar-refractivity contribution in [2.75, 3.05) is 0 Å². The Morgan fingerprint density at radius 2 is 1.60 bits per heavy atom. The van der Waals surface area contributed by atoms with Crippen LogP contribution in [0.1, 0.15) is 49.5 Å². The van der Waals surface area contributed by atoms with E-state index in [1.807, 2.05) is 67.7 Å². The zero-order chi connectivity index (χ0) is 24.2. The van der Waals surface area contributed by atoms with Gasteiger partial charge in [0.2, 0.25) is 0 Å². The van der Waals surface area contributed by atoms with Crippen molar-refractivity contribution in [2.24, 2.45) is 0 Å². The lowest BCUT2D eigenvalue weighted by molar-refractivity contribution is 0.0891. The minimum absolute atomic E-state index is 0.200. The first-order chi connectivity index (χ1) is 17.0. The fourth-order valence-corrected chi connectivity index (χ4v) is 4.33. The maximum atomic E-state index is 13.2. The number of carbonyl (C=O) groups excluding carboxylic acids is 2. The number of Topliss-reactive ketones (excluding diaryl/α,β-unsaturated/α-hetero) is 2. The van der Waals surface area contributed by atoms with Crippen molar-refractivity contribution in [1.29, 1.82) is 0 Å². The predicted octanol–water partition coefficient (Wildman–Crippen LogP) is 5.83. The summed E-state index contributed by atoms with van der Waals surface area (Å²) in [7, 11) is 0. The van der Waals surface area contributed by atoms with Gasteiger partial charge in [0, 0.05) is 30.7 Å². The Labute approximate surface area is 204 Å². The summed E-state index contributed by atoms with van der Waals surface area (Å²) in [6.07, 6.45) is 5.89. The summed E-state index contributed by atoms with van der Waals surface area (Å²) in [5, 5.41) is 0.